The van der Waals surface area contributed by atoms with E-state index >= 15 is 0 Å². The van der Waals surface area contributed by atoms with Gasteiger partial charge in [-0.25, -0.2) is 0 Å². The second-order valence-electron chi connectivity index (χ2n) is 5.58. The molecule has 1 heterocycles. The third kappa shape index (κ3) is 8.89. The van der Waals surface area contributed by atoms with Gasteiger partial charge in [0.25, 0.3) is 0 Å². The van der Waals surface area contributed by atoms with Gasteiger partial charge in [-0.05, 0) is 0 Å². The van der Waals surface area contributed by atoms with Gasteiger partial charge in [0.05, 0.1) is 0 Å². The number of nitrogens with zero attached hydrogens (tertiary/aromatic N) is 1. The van der Waals surface area contributed by atoms with E-state index in [-0.39, 0.29) is 0 Å². The Bertz CT molecular complexity index is 775. The van der Waals surface area contributed by atoms with Crippen LogP contribution in [0, 0.1) is 33.3 Å². The zero-order valence-electron chi connectivity index (χ0n) is 16.4. The summed E-state index contributed by atoms with van der Waals surface area (Å²) in [5.41, 5.74) is 2.79. The van der Waals surface area contributed by atoms with Crippen molar-refractivity contribution in [2.75, 3.05) is 0 Å². The van der Waals surface area contributed by atoms with Gasteiger partial charge in [0.15, 0.2) is 0 Å². The second kappa shape index (κ2) is 21.2. The summed E-state index contributed by atoms with van der Waals surface area (Å²) in [6.45, 7) is 27.0. The maximum absolute atomic E-state index is 7.50. The Kier molecular flexibility index (Phi) is 22.8. The Morgan fingerprint density at radius 3 is 1.33 bits per heavy atom. The summed E-state index contributed by atoms with van der Waals surface area (Å²) in [6.07, 6.45) is 0. The van der Waals surface area contributed by atoms with Gasteiger partial charge >= 0.3 is 185 Å². The molecule has 1 fully saturated rings. The van der Waals surface area contributed by atoms with Crippen LogP contribution in [0.1, 0.15) is 36.9 Å². The summed E-state index contributed by atoms with van der Waals surface area (Å²) in [5, 5.41) is 0. The van der Waals surface area contributed by atoms with Crippen molar-refractivity contribution >= 4 is 4.50 Å². The van der Waals surface area contributed by atoms with Crippen LogP contribution in [0.4, 0.5) is 0 Å². The van der Waals surface area contributed by atoms with Crippen LogP contribution in [0.15, 0.2) is 60.7 Å². The quantitative estimate of drug-likeness (QED) is 0.526. The molecule has 2 atom stereocenters. The molecule has 0 spiro atoms. The van der Waals surface area contributed by atoms with Crippen LogP contribution in [-0.2, 0) is 39.1 Å². The zero-order valence-corrected chi connectivity index (χ0v) is 17.7. The first-order valence-corrected chi connectivity index (χ1v) is 8.78. The average molecular weight is 441 g/mol. The van der Waals surface area contributed by atoms with Crippen molar-refractivity contribution in [3.05, 3.63) is 105 Å². The summed E-state index contributed by atoms with van der Waals surface area (Å²) >= 11 is 3.30. The van der Waals surface area contributed by atoms with Crippen LogP contribution < -0.4 is 0 Å². The van der Waals surface area contributed by atoms with Crippen molar-refractivity contribution in [3.63, 3.8) is 0 Å². The van der Waals surface area contributed by atoms with Crippen molar-refractivity contribution in [2.45, 2.75) is 31.8 Å². The molecule has 1 aliphatic heterocycles. The summed E-state index contributed by atoms with van der Waals surface area (Å²) in [5.74, 6) is 0.459. The molecule has 6 nitrogen and oxygen atoms in total. The van der Waals surface area contributed by atoms with Crippen molar-refractivity contribution in [3.8, 4) is 0 Å². The number of hydrogen-bond donors (Lipinski definition) is 0. The summed E-state index contributed by atoms with van der Waals surface area (Å²) in [4.78, 5) is 2.49. The van der Waals surface area contributed by atoms with Crippen molar-refractivity contribution in [2.24, 2.45) is 0 Å². The first-order chi connectivity index (χ1) is 14.7. The van der Waals surface area contributed by atoms with E-state index in [2.05, 4.69) is 129 Å². The third-order valence-corrected chi connectivity index (χ3v) is 4.72. The van der Waals surface area contributed by atoms with Crippen molar-refractivity contribution in [1.29, 1.82) is 0 Å². The van der Waals surface area contributed by atoms with Gasteiger partial charge in [-0.3, -0.25) is 0 Å². The normalized spacial score (nSPS) is 15.6. The Labute approximate surface area is 185 Å². The van der Waals surface area contributed by atoms with Gasteiger partial charge in [-0.15, -0.1) is 0 Å². The standard InChI is InChI=1S/C18H19N.5CO.Cr/c1-14(2)19-13-17(15-9-5-3-6-10-15)18(19)16-11-7-4-8-12-16;5*1-2;/h3-12,14,17-18H,1-2H3;;;;;;/t17-,18+;;;;;;/m0....../s1. The summed E-state index contributed by atoms with van der Waals surface area (Å²) in [7, 11) is 0. The van der Waals surface area contributed by atoms with Crippen molar-refractivity contribution < 1.29 is 39.1 Å². The molecule has 0 N–H and O–H groups in total. The first kappa shape index (κ1) is 32.2. The summed E-state index contributed by atoms with van der Waals surface area (Å²) in [6, 6.07) is 22.6. The van der Waals surface area contributed by atoms with E-state index in [0.717, 1.165) is 0 Å². The zero-order chi connectivity index (χ0) is 24.1. The molecule has 152 valence electrons. The topological polar surface area (TPSA) is 103 Å². The monoisotopic (exact) mass is 441 g/mol. The molecule has 2 aromatic rings. The van der Waals surface area contributed by atoms with Gasteiger partial charge in [0.2, 0.25) is 0 Å². The molecule has 0 aromatic heterocycles. The number of benzene rings is 2. The van der Waals surface area contributed by atoms with Crippen LogP contribution in [0.25, 0.3) is 0 Å². The Balaban J connectivity index is -0.000000642. The van der Waals surface area contributed by atoms with E-state index in [1.54, 1.807) is 0 Å². The summed E-state index contributed by atoms with van der Waals surface area (Å²) < 4.78 is 38.9. The first-order valence-electron chi connectivity index (χ1n) is 8.14. The molecule has 0 radical (unpaired) electrons. The number of rotatable bonds is 3. The number of likely N-dealkylation sites (tertiary alicyclic amines) is 1. The Hall–Kier alpha value is -2.50. The fourth-order valence-corrected chi connectivity index (χ4v) is 4.00. The Morgan fingerprint density at radius 1 is 0.667 bits per heavy atom. The Morgan fingerprint density at radius 2 is 1.00 bits per heavy atom. The van der Waals surface area contributed by atoms with Crippen LogP contribution in [0.2, 0.25) is 0 Å². The van der Waals surface area contributed by atoms with Crippen LogP contribution in [0.5, 0.6) is 0 Å². The van der Waals surface area contributed by atoms with Crippen LogP contribution in [0.3, 0.4) is 0 Å². The molecule has 0 saturated carbocycles. The molecule has 0 unspecified atom stereocenters. The van der Waals surface area contributed by atoms with E-state index in [4.69, 9.17) is 23.3 Å². The molecule has 3 rings (SSSR count). The average Bonchev–Trinajstić information content (AvgIpc) is 2.85. The number of hydrogen-bond acceptors (Lipinski definition) is 1. The van der Waals surface area contributed by atoms with E-state index in [1.165, 1.54) is 15.6 Å². The molecular weight excluding hydrogens is 422 g/mol. The van der Waals surface area contributed by atoms with E-state index in [1.807, 2.05) is 0 Å². The molecule has 0 aliphatic carbocycles. The SMILES string of the molecule is CC(C)N1[C](=[Cr])[C@@H](c2ccccc2)[C@H]1c1ccccc1.[C-]#[O+].[C-]#[O+].[C-]#[O+].[C-]#[O+].[C-]#[O+]. The minimum absolute atomic E-state index is 0.440. The van der Waals surface area contributed by atoms with Gasteiger partial charge in [-0.2, -0.15) is 0 Å². The second-order valence-corrected chi connectivity index (χ2v) is 6.24. The van der Waals surface area contributed by atoms with Gasteiger partial charge in [0, 0.05) is 0 Å². The fourth-order valence-electron chi connectivity index (χ4n) is 3.08. The van der Waals surface area contributed by atoms with E-state index in [0.29, 0.717) is 18.0 Å². The molecular formula is C23H19CrNO5. The van der Waals surface area contributed by atoms with Gasteiger partial charge in [-0.1, -0.05) is 0 Å². The fraction of sp³-hybridized carbons (Fsp3) is 0.217. The molecule has 1 saturated heterocycles. The third-order valence-electron chi connectivity index (χ3n) is 3.99. The van der Waals surface area contributed by atoms with Crippen molar-refractivity contribution in [1.82, 2.24) is 4.90 Å². The molecule has 0 amide bonds. The van der Waals surface area contributed by atoms with E-state index in [9.17, 15) is 0 Å². The molecule has 30 heavy (non-hydrogen) atoms. The van der Waals surface area contributed by atoms with Gasteiger partial charge in [0.1, 0.15) is 0 Å². The minimum atomic E-state index is 0.440. The van der Waals surface area contributed by atoms with Gasteiger partial charge < -0.3 is 0 Å². The molecule has 0 bridgehead atoms. The van der Waals surface area contributed by atoms with Crippen LogP contribution >= 0.6 is 0 Å². The molecule has 1 aliphatic rings. The van der Waals surface area contributed by atoms with E-state index < -0.39 is 0 Å². The molecule has 2 aromatic carbocycles. The predicted octanol–water partition coefficient (Wildman–Crippen LogP) is 3.72. The maximum atomic E-state index is 7.50. The molecule has 7 heteroatoms. The van der Waals surface area contributed by atoms with Crippen LogP contribution in [-0.4, -0.2) is 15.4 Å². The predicted molar refractivity (Wildman–Crippen MR) is 100.0 cm³/mol.